The van der Waals surface area contributed by atoms with E-state index in [4.69, 9.17) is 0 Å². The molecule has 0 fully saturated rings. The van der Waals surface area contributed by atoms with Crippen LogP contribution in [0.1, 0.15) is 5.56 Å². The molecule has 16 heavy (non-hydrogen) atoms. The van der Waals surface area contributed by atoms with Crippen LogP contribution >= 0.6 is 0 Å². The maximum Gasteiger partial charge on any atom is 0.153 e. The number of nitrogens with zero attached hydrogens (tertiary/aromatic N) is 3. The third-order valence-corrected chi connectivity index (χ3v) is 2.23. The van der Waals surface area contributed by atoms with Crippen LogP contribution in [0, 0.1) is 13.0 Å². The Labute approximate surface area is 110 Å². The second-order valence-corrected chi connectivity index (χ2v) is 3.72. The van der Waals surface area contributed by atoms with Crippen LogP contribution in [-0.2, 0) is 21.1 Å². The Balaban J connectivity index is 0.00000128. The third kappa shape index (κ3) is 2.53. The molecule has 0 N–H and O–H groups in total. The van der Waals surface area contributed by atoms with Gasteiger partial charge >= 0.3 is 0 Å². The first-order valence-electron chi connectivity index (χ1n) is 4.89. The molecule has 4 heteroatoms. The summed E-state index contributed by atoms with van der Waals surface area (Å²) in [5.41, 5.74) is 2.13. The van der Waals surface area contributed by atoms with E-state index in [-0.39, 0.29) is 21.1 Å². The first-order valence-corrected chi connectivity index (χ1v) is 4.89. The fraction of sp³-hybridized carbons (Fsp3) is 0.250. The number of para-hydroxylation sites is 1. The van der Waals surface area contributed by atoms with Crippen LogP contribution in [0.25, 0.3) is 5.69 Å². The summed E-state index contributed by atoms with van der Waals surface area (Å²) in [6.07, 6.45) is 2.02. The van der Waals surface area contributed by atoms with Crippen molar-refractivity contribution >= 4 is 5.82 Å². The Kier molecular flexibility index (Phi) is 4.31. The zero-order valence-electron chi connectivity index (χ0n) is 9.54. The zero-order chi connectivity index (χ0) is 10.8. The minimum absolute atomic E-state index is 0. The molecule has 1 heterocycles. The van der Waals surface area contributed by atoms with Crippen molar-refractivity contribution in [1.29, 1.82) is 0 Å². The van der Waals surface area contributed by atoms with Gasteiger partial charge in [0.25, 0.3) is 0 Å². The quantitative estimate of drug-likeness (QED) is 0.726. The Morgan fingerprint density at radius 3 is 2.56 bits per heavy atom. The molecule has 0 amide bonds. The smallest absolute Gasteiger partial charge is 0.153 e. The van der Waals surface area contributed by atoms with Crippen molar-refractivity contribution in [3.05, 3.63) is 42.1 Å². The van der Waals surface area contributed by atoms with E-state index < -0.39 is 0 Å². The Bertz CT molecular complexity index is 449. The van der Waals surface area contributed by atoms with Crippen molar-refractivity contribution in [3.8, 4) is 5.69 Å². The van der Waals surface area contributed by atoms with Gasteiger partial charge in [-0.25, -0.2) is 0 Å². The number of benzene rings is 1. The molecule has 0 aliphatic heterocycles. The number of aryl methyl sites for hydroxylation is 1. The molecule has 0 bridgehead atoms. The molecular weight excluding hydrogens is 381 g/mol. The first kappa shape index (κ1) is 13.0. The Hall–Kier alpha value is -1.08. The predicted molar refractivity (Wildman–Crippen MR) is 61.5 cm³/mol. The molecule has 0 spiro atoms. The van der Waals surface area contributed by atoms with Gasteiger partial charge < -0.3 is 4.90 Å². The first-order chi connectivity index (χ1) is 7.18. The summed E-state index contributed by atoms with van der Waals surface area (Å²) in [5, 5.41) is 4.49. The minimum Gasteiger partial charge on any atom is -0.361 e. The summed E-state index contributed by atoms with van der Waals surface area (Å²) < 4.78 is 1.85. The van der Waals surface area contributed by atoms with Crippen LogP contribution in [0.3, 0.4) is 0 Å². The molecule has 2 rings (SSSR count). The van der Waals surface area contributed by atoms with Crippen molar-refractivity contribution in [2.45, 2.75) is 6.92 Å². The van der Waals surface area contributed by atoms with Crippen LogP contribution in [-0.4, -0.2) is 23.9 Å². The standard InChI is InChI=1S/C12H14N3.Pt/c1-10-9-15(13-12(10)14(2)3)11-7-5-4-6-8-11;/h4-7,9H,1-3H3;/q-1;. The fourth-order valence-electron chi connectivity index (χ4n) is 1.54. The van der Waals surface area contributed by atoms with Gasteiger partial charge in [0.1, 0.15) is 0 Å². The Morgan fingerprint density at radius 2 is 2.06 bits per heavy atom. The molecule has 0 unspecified atom stereocenters. The summed E-state index contributed by atoms with van der Waals surface area (Å²) in [4.78, 5) is 2.01. The molecule has 1 aromatic heterocycles. The molecule has 0 atom stereocenters. The van der Waals surface area contributed by atoms with Crippen LogP contribution in [0.15, 0.2) is 30.5 Å². The molecule has 2 aromatic rings. The molecule has 1 aromatic carbocycles. The second kappa shape index (κ2) is 5.31. The summed E-state index contributed by atoms with van der Waals surface area (Å²) in [6, 6.07) is 11.0. The van der Waals surface area contributed by atoms with Crippen molar-refractivity contribution in [2.24, 2.45) is 0 Å². The normalized spacial score (nSPS) is 9.69. The van der Waals surface area contributed by atoms with Gasteiger partial charge in [0.05, 0.1) is 0 Å². The summed E-state index contributed by atoms with van der Waals surface area (Å²) >= 11 is 0. The van der Waals surface area contributed by atoms with Gasteiger partial charge in [-0.05, 0) is 12.6 Å². The van der Waals surface area contributed by atoms with Gasteiger partial charge in [-0.3, -0.25) is 4.68 Å². The van der Waals surface area contributed by atoms with Crippen LogP contribution in [0.4, 0.5) is 5.82 Å². The largest absolute Gasteiger partial charge is 0.361 e. The van der Waals surface area contributed by atoms with Gasteiger partial charge in [0, 0.05) is 46.9 Å². The van der Waals surface area contributed by atoms with Gasteiger partial charge in [-0.1, -0.05) is 0 Å². The van der Waals surface area contributed by atoms with E-state index in [0.29, 0.717) is 0 Å². The summed E-state index contributed by atoms with van der Waals surface area (Å²) in [6.45, 7) is 2.06. The van der Waals surface area contributed by atoms with Gasteiger partial charge in [-0.15, -0.1) is 6.07 Å². The van der Waals surface area contributed by atoms with Gasteiger partial charge in [-0.2, -0.15) is 29.4 Å². The number of hydrogen-bond donors (Lipinski definition) is 0. The third-order valence-electron chi connectivity index (χ3n) is 2.23. The fourth-order valence-corrected chi connectivity index (χ4v) is 1.54. The average Bonchev–Trinajstić information content (AvgIpc) is 2.62. The van der Waals surface area contributed by atoms with E-state index in [2.05, 4.69) is 18.1 Å². The summed E-state index contributed by atoms with van der Waals surface area (Å²) in [7, 11) is 3.99. The maximum atomic E-state index is 4.49. The van der Waals surface area contributed by atoms with E-state index in [1.807, 2.05) is 54.1 Å². The van der Waals surface area contributed by atoms with E-state index in [1.54, 1.807) is 0 Å². The van der Waals surface area contributed by atoms with Crippen molar-refractivity contribution < 1.29 is 21.1 Å². The number of rotatable bonds is 2. The number of aromatic nitrogens is 2. The van der Waals surface area contributed by atoms with Crippen LogP contribution in [0.2, 0.25) is 0 Å². The molecule has 0 saturated carbocycles. The van der Waals surface area contributed by atoms with Crippen molar-refractivity contribution in [3.63, 3.8) is 0 Å². The zero-order valence-corrected chi connectivity index (χ0v) is 11.8. The number of anilines is 1. The molecule has 88 valence electrons. The molecule has 0 radical (unpaired) electrons. The predicted octanol–water partition coefficient (Wildman–Crippen LogP) is 2.04. The number of hydrogen-bond acceptors (Lipinski definition) is 2. The van der Waals surface area contributed by atoms with E-state index >= 15 is 0 Å². The monoisotopic (exact) mass is 395 g/mol. The van der Waals surface area contributed by atoms with Crippen molar-refractivity contribution in [2.75, 3.05) is 19.0 Å². The van der Waals surface area contributed by atoms with Gasteiger partial charge in [0.2, 0.25) is 0 Å². The molecule has 0 aliphatic carbocycles. The van der Waals surface area contributed by atoms with Crippen LogP contribution in [0.5, 0.6) is 0 Å². The molecule has 0 aliphatic rings. The van der Waals surface area contributed by atoms with Crippen molar-refractivity contribution in [1.82, 2.24) is 9.78 Å². The second-order valence-electron chi connectivity index (χ2n) is 3.72. The molecular formula is C12H14N3Pt-. The topological polar surface area (TPSA) is 21.1 Å². The molecule has 0 saturated heterocycles. The van der Waals surface area contributed by atoms with E-state index in [1.165, 1.54) is 0 Å². The average molecular weight is 395 g/mol. The SMILES string of the molecule is Cc1cn(-c2[c-]cccc2)nc1N(C)C.[Pt]. The van der Waals surface area contributed by atoms with Gasteiger partial charge in [0.15, 0.2) is 5.82 Å². The Morgan fingerprint density at radius 1 is 1.31 bits per heavy atom. The molecule has 3 nitrogen and oxygen atoms in total. The minimum atomic E-state index is 0. The summed E-state index contributed by atoms with van der Waals surface area (Å²) in [5.74, 6) is 0.993. The van der Waals surface area contributed by atoms with E-state index in [9.17, 15) is 0 Å². The van der Waals surface area contributed by atoms with E-state index in [0.717, 1.165) is 17.1 Å². The maximum absolute atomic E-state index is 4.49. The van der Waals surface area contributed by atoms with Crippen LogP contribution < -0.4 is 4.90 Å².